The van der Waals surface area contributed by atoms with Crippen LogP contribution in [0.15, 0.2) is 66.2 Å². The van der Waals surface area contributed by atoms with Crippen LogP contribution in [0.1, 0.15) is 22.7 Å². The molecule has 1 saturated heterocycles. The van der Waals surface area contributed by atoms with E-state index in [0.717, 1.165) is 5.56 Å². The zero-order valence-electron chi connectivity index (χ0n) is 17.6. The normalized spacial score (nSPS) is 17.5. The molecule has 8 heteroatoms. The Bertz CT molecular complexity index is 1300. The number of aliphatic hydroxyl groups is 1. The van der Waals surface area contributed by atoms with Gasteiger partial charge in [-0.15, -0.1) is 0 Å². The molecular formula is C25H18Cl3NO4. The molecule has 0 aromatic heterocycles. The van der Waals surface area contributed by atoms with Crippen LogP contribution in [0.5, 0.6) is 5.75 Å². The number of rotatable bonds is 4. The lowest BCUT2D eigenvalue weighted by Crippen LogP contribution is -2.29. The molecule has 0 radical (unpaired) electrons. The summed E-state index contributed by atoms with van der Waals surface area (Å²) in [7, 11) is 1.54. The largest absolute Gasteiger partial charge is 0.507 e. The second-order valence-corrected chi connectivity index (χ2v) is 8.73. The van der Waals surface area contributed by atoms with Gasteiger partial charge < -0.3 is 9.84 Å². The van der Waals surface area contributed by atoms with Crippen molar-refractivity contribution in [2.75, 3.05) is 12.0 Å². The number of Topliss-reactive ketones (excluding diaryl/α,β-unsaturated/α-hetero) is 1. The van der Waals surface area contributed by atoms with E-state index in [9.17, 15) is 14.7 Å². The van der Waals surface area contributed by atoms with Crippen LogP contribution in [-0.2, 0) is 9.59 Å². The number of hydrogen-bond donors (Lipinski definition) is 1. The molecule has 1 amide bonds. The number of methoxy groups -OCH3 is 1. The first-order valence-electron chi connectivity index (χ1n) is 9.89. The molecule has 5 nitrogen and oxygen atoms in total. The molecule has 1 aliphatic rings. The van der Waals surface area contributed by atoms with E-state index in [4.69, 9.17) is 39.5 Å². The number of ketones is 1. The summed E-state index contributed by atoms with van der Waals surface area (Å²) in [5.41, 5.74) is 2.06. The van der Waals surface area contributed by atoms with Crippen LogP contribution >= 0.6 is 34.8 Å². The summed E-state index contributed by atoms with van der Waals surface area (Å²) in [5, 5.41) is 12.1. The Morgan fingerprint density at radius 2 is 1.61 bits per heavy atom. The smallest absolute Gasteiger partial charge is 0.300 e. The zero-order chi connectivity index (χ0) is 23.9. The Morgan fingerprint density at radius 1 is 0.909 bits per heavy atom. The summed E-state index contributed by atoms with van der Waals surface area (Å²) < 4.78 is 5.23. The first-order chi connectivity index (χ1) is 15.7. The first kappa shape index (κ1) is 23.2. The van der Waals surface area contributed by atoms with Gasteiger partial charge in [0.2, 0.25) is 0 Å². The lowest BCUT2D eigenvalue weighted by atomic mass is 9.95. The van der Waals surface area contributed by atoms with Crippen LogP contribution in [0.25, 0.3) is 5.76 Å². The molecule has 1 N–H and O–H groups in total. The van der Waals surface area contributed by atoms with Crippen molar-refractivity contribution in [3.8, 4) is 5.75 Å². The van der Waals surface area contributed by atoms with Crippen molar-refractivity contribution in [3.05, 3.63) is 98.0 Å². The van der Waals surface area contributed by atoms with Crippen LogP contribution in [0, 0.1) is 6.92 Å². The van der Waals surface area contributed by atoms with Crippen LogP contribution in [-0.4, -0.2) is 23.9 Å². The lowest BCUT2D eigenvalue weighted by molar-refractivity contribution is -0.132. The number of halogens is 3. The van der Waals surface area contributed by atoms with E-state index in [1.807, 2.05) is 6.92 Å². The molecule has 33 heavy (non-hydrogen) atoms. The van der Waals surface area contributed by atoms with Crippen LogP contribution < -0.4 is 9.64 Å². The van der Waals surface area contributed by atoms with Gasteiger partial charge in [0.1, 0.15) is 11.5 Å². The van der Waals surface area contributed by atoms with Gasteiger partial charge in [0, 0.05) is 16.3 Å². The number of aryl methyl sites for hydroxylation is 1. The van der Waals surface area contributed by atoms with Gasteiger partial charge in [0.25, 0.3) is 11.7 Å². The summed E-state index contributed by atoms with van der Waals surface area (Å²) >= 11 is 18.4. The van der Waals surface area contributed by atoms with E-state index >= 15 is 0 Å². The predicted molar refractivity (Wildman–Crippen MR) is 130 cm³/mol. The van der Waals surface area contributed by atoms with Crippen molar-refractivity contribution >= 4 is 57.9 Å². The highest BCUT2D eigenvalue weighted by atomic mass is 35.5. The summed E-state index contributed by atoms with van der Waals surface area (Å²) in [6, 6.07) is 15.6. The molecule has 168 valence electrons. The maximum Gasteiger partial charge on any atom is 0.300 e. The third-order valence-electron chi connectivity index (χ3n) is 5.50. The fraction of sp³-hybridized carbons (Fsp3) is 0.120. The molecule has 3 aromatic carbocycles. The van der Waals surface area contributed by atoms with Crippen molar-refractivity contribution in [1.29, 1.82) is 0 Å². The minimum atomic E-state index is -0.899. The molecule has 1 aliphatic heterocycles. The van der Waals surface area contributed by atoms with Crippen LogP contribution in [0.3, 0.4) is 0 Å². The maximum absolute atomic E-state index is 13.2. The average Bonchev–Trinajstić information content (AvgIpc) is 3.07. The van der Waals surface area contributed by atoms with E-state index in [1.165, 1.54) is 23.1 Å². The zero-order valence-corrected chi connectivity index (χ0v) is 19.9. The fourth-order valence-electron chi connectivity index (χ4n) is 3.73. The van der Waals surface area contributed by atoms with E-state index < -0.39 is 17.7 Å². The maximum atomic E-state index is 13.2. The number of anilines is 1. The number of amides is 1. The highest BCUT2D eigenvalue weighted by Gasteiger charge is 2.47. The SMILES string of the molecule is COc1ccc(C2/C(=C(\O)c3ccc(Cl)c(Cl)c3)C(=O)C(=O)N2c2ccc(C)c(Cl)c2)cc1. The molecule has 0 saturated carbocycles. The number of carbonyl (C=O) groups is 2. The molecular weight excluding hydrogens is 485 g/mol. The van der Waals surface area contributed by atoms with Gasteiger partial charge in [0.15, 0.2) is 0 Å². The minimum Gasteiger partial charge on any atom is -0.507 e. The average molecular weight is 503 g/mol. The second-order valence-electron chi connectivity index (χ2n) is 7.50. The van der Waals surface area contributed by atoms with E-state index in [0.29, 0.717) is 27.0 Å². The highest BCUT2D eigenvalue weighted by Crippen LogP contribution is 2.43. The van der Waals surface area contributed by atoms with Gasteiger partial charge in [-0.1, -0.05) is 53.0 Å². The molecule has 3 aromatic rings. The van der Waals surface area contributed by atoms with Crippen molar-refractivity contribution < 1.29 is 19.4 Å². The Hall–Kier alpha value is -2.99. The molecule has 1 heterocycles. The molecule has 0 bridgehead atoms. The lowest BCUT2D eigenvalue weighted by Gasteiger charge is -2.26. The number of benzene rings is 3. The summed E-state index contributed by atoms with van der Waals surface area (Å²) in [4.78, 5) is 27.7. The van der Waals surface area contributed by atoms with Gasteiger partial charge in [-0.25, -0.2) is 0 Å². The van der Waals surface area contributed by atoms with Gasteiger partial charge in [-0.05, 0) is 60.5 Å². The Morgan fingerprint density at radius 3 is 2.21 bits per heavy atom. The summed E-state index contributed by atoms with van der Waals surface area (Å²) in [6.45, 7) is 1.84. The fourth-order valence-corrected chi connectivity index (χ4v) is 4.20. The predicted octanol–water partition coefficient (Wildman–Crippen LogP) is 6.59. The van der Waals surface area contributed by atoms with E-state index in [1.54, 1.807) is 49.6 Å². The van der Waals surface area contributed by atoms with Gasteiger partial charge in [-0.3, -0.25) is 14.5 Å². The Labute approximate surface area is 205 Å². The van der Waals surface area contributed by atoms with Gasteiger partial charge in [0.05, 0.1) is 28.8 Å². The summed E-state index contributed by atoms with van der Waals surface area (Å²) in [6.07, 6.45) is 0. The number of aliphatic hydroxyl groups excluding tert-OH is 1. The first-order valence-corrected chi connectivity index (χ1v) is 11.0. The second kappa shape index (κ2) is 9.10. The number of nitrogens with zero attached hydrogens (tertiary/aromatic N) is 1. The monoisotopic (exact) mass is 501 g/mol. The van der Waals surface area contributed by atoms with E-state index in [-0.39, 0.29) is 21.9 Å². The van der Waals surface area contributed by atoms with Crippen LogP contribution in [0.4, 0.5) is 5.69 Å². The standard InChI is InChI=1S/C25H18Cl3NO4/c1-13-3-7-16(12-19(13)27)29-22(14-4-8-17(33-2)9-5-14)21(24(31)25(29)32)23(30)15-6-10-18(26)20(28)11-15/h3-12,22,30H,1-2H3/b23-21+. The number of hydrogen-bond acceptors (Lipinski definition) is 4. The van der Waals surface area contributed by atoms with Crippen molar-refractivity contribution in [1.82, 2.24) is 0 Å². The molecule has 0 aliphatic carbocycles. The molecule has 0 spiro atoms. The summed E-state index contributed by atoms with van der Waals surface area (Å²) in [5.74, 6) is -1.35. The third kappa shape index (κ3) is 4.20. The van der Waals surface area contributed by atoms with E-state index in [2.05, 4.69) is 0 Å². The molecule has 1 atom stereocenters. The van der Waals surface area contributed by atoms with Crippen LogP contribution in [0.2, 0.25) is 15.1 Å². The van der Waals surface area contributed by atoms with Gasteiger partial charge >= 0.3 is 0 Å². The number of carbonyl (C=O) groups excluding carboxylic acids is 2. The Balaban J connectivity index is 1.95. The van der Waals surface area contributed by atoms with Crippen molar-refractivity contribution in [2.24, 2.45) is 0 Å². The quantitative estimate of drug-likeness (QED) is 0.248. The molecule has 4 rings (SSSR count). The third-order valence-corrected chi connectivity index (χ3v) is 6.65. The topological polar surface area (TPSA) is 66.8 Å². The highest BCUT2D eigenvalue weighted by molar-refractivity contribution is 6.52. The number of ether oxygens (including phenoxy) is 1. The molecule has 1 unspecified atom stereocenters. The van der Waals surface area contributed by atoms with Crippen molar-refractivity contribution in [2.45, 2.75) is 13.0 Å². The van der Waals surface area contributed by atoms with Gasteiger partial charge in [-0.2, -0.15) is 0 Å². The molecule has 1 fully saturated rings. The Kier molecular flexibility index (Phi) is 6.39. The van der Waals surface area contributed by atoms with Crippen molar-refractivity contribution in [3.63, 3.8) is 0 Å². The minimum absolute atomic E-state index is 0.0692.